The molecule has 0 aromatic heterocycles. The molecule has 1 aliphatic heterocycles. The summed E-state index contributed by atoms with van der Waals surface area (Å²) < 4.78 is 4.86. The van der Waals surface area contributed by atoms with Crippen molar-refractivity contribution in [1.29, 1.82) is 0 Å². The summed E-state index contributed by atoms with van der Waals surface area (Å²) in [5, 5.41) is 3.26. The molecule has 1 fully saturated rings. The molecule has 2 rings (SSSR count). The molecule has 1 heterocycles. The average molecular weight is 248 g/mol. The van der Waals surface area contributed by atoms with Gasteiger partial charge in [-0.05, 0) is 17.7 Å². The molecule has 2 unspecified atom stereocenters. The van der Waals surface area contributed by atoms with Gasteiger partial charge in [0.25, 0.3) is 0 Å². The molecule has 1 aromatic carbocycles. The predicted molar refractivity (Wildman–Crippen MR) is 71.9 cm³/mol. The van der Waals surface area contributed by atoms with Gasteiger partial charge >= 0.3 is 5.97 Å². The first-order valence-corrected chi connectivity index (χ1v) is 6.19. The normalized spacial score (nSPS) is 22.8. The molecule has 0 saturated carbocycles. The highest BCUT2D eigenvalue weighted by Gasteiger charge is 2.34. The second-order valence-electron chi connectivity index (χ2n) is 4.88. The number of rotatable bonds is 3. The largest absolute Gasteiger partial charge is 0.469 e. The van der Waals surface area contributed by atoms with Crippen molar-refractivity contribution in [3.05, 3.63) is 29.8 Å². The lowest BCUT2D eigenvalue weighted by Gasteiger charge is -2.18. The van der Waals surface area contributed by atoms with Gasteiger partial charge in [-0.1, -0.05) is 12.1 Å². The van der Waals surface area contributed by atoms with Crippen molar-refractivity contribution in [3.63, 3.8) is 0 Å². The number of nitrogens with one attached hydrogen (secondary N) is 1. The summed E-state index contributed by atoms with van der Waals surface area (Å²) in [6.45, 7) is 1.54. The van der Waals surface area contributed by atoms with Gasteiger partial charge in [0, 0.05) is 38.8 Å². The van der Waals surface area contributed by atoms with Crippen LogP contribution in [0.3, 0.4) is 0 Å². The van der Waals surface area contributed by atoms with E-state index in [1.807, 2.05) is 14.1 Å². The van der Waals surface area contributed by atoms with E-state index in [1.54, 1.807) is 0 Å². The number of benzene rings is 1. The summed E-state index contributed by atoms with van der Waals surface area (Å²) in [6, 6.07) is 8.37. The minimum absolute atomic E-state index is 0.0693. The van der Waals surface area contributed by atoms with Gasteiger partial charge in [0.1, 0.15) is 0 Å². The third kappa shape index (κ3) is 2.48. The third-order valence-electron chi connectivity index (χ3n) is 3.56. The van der Waals surface area contributed by atoms with Gasteiger partial charge in [-0.25, -0.2) is 0 Å². The summed E-state index contributed by atoms with van der Waals surface area (Å²) >= 11 is 0. The molecule has 0 bridgehead atoms. The maximum atomic E-state index is 11.7. The van der Waals surface area contributed by atoms with Crippen LogP contribution in [0.25, 0.3) is 0 Å². The molecule has 1 saturated heterocycles. The fourth-order valence-corrected chi connectivity index (χ4v) is 2.45. The maximum absolute atomic E-state index is 11.7. The maximum Gasteiger partial charge on any atom is 0.310 e. The summed E-state index contributed by atoms with van der Waals surface area (Å²) in [4.78, 5) is 13.8. The van der Waals surface area contributed by atoms with E-state index >= 15 is 0 Å². The van der Waals surface area contributed by atoms with E-state index in [1.165, 1.54) is 18.4 Å². The zero-order valence-electron chi connectivity index (χ0n) is 11.1. The Hall–Kier alpha value is -1.55. The number of methoxy groups -OCH3 is 1. The molecule has 98 valence electrons. The zero-order valence-corrected chi connectivity index (χ0v) is 11.1. The SMILES string of the molecule is COC(=O)C1CNCC1c1ccc(N(C)C)cc1. The molecule has 0 radical (unpaired) electrons. The number of hydrogen-bond donors (Lipinski definition) is 1. The summed E-state index contributed by atoms with van der Waals surface area (Å²) in [7, 11) is 5.49. The lowest BCUT2D eigenvalue weighted by Crippen LogP contribution is -2.23. The van der Waals surface area contributed by atoms with Gasteiger partial charge in [-0.15, -0.1) is 0 Å². The van der Waals surface area contributed by atoms with E-state index in [9.17, 15) is 4.79 Å². The van der Waals surface area contributed by atoms with Gasteiger partial charge in [0.05, 0.1) is 13.0 Å². The van der Waals surface area contributed by atoms with Crippen LogP contribution in [0.2, 0.25) is 0 Å². The molecule has 0 amide bonds. The van der Waals surface area contributed by atoms with Crippen molar-refractivity contribution in [2.45, 2.75) is 5.92 Å². The molecule has 0 aliphatic carbocycles. The van der Waals surface area contributed by atoms with Crippen LogP contribution in [0.15, 0.2) is 24.3 Å². The molecular weight excluding hydrogens is 228 g/mol. The van der Waals surface area contributed by atoms with E-state index in [2.05, 4.69) is 34.5 Å². The average Bonchev–Trinajstić information content (AvgIpc) is 2.87. The summed E-state index contributed by atoms with van der Waals surface area (Å²) in [6.07, 6.45) is 0. The molecule has 1 N–H and O–H groups in total. The highest BCUT2D eigenvalue weighted by Crippen LogP contribution is 2.30. The van der Waals surface area contributed by atoms with Crippen LogP contribution in [-0.4, -0.2) is 40.3 Å². The van der Waals surface area contributed by atoms with Crippen LogP contribution in [0, 0.1) is 5.92 Å². The quantitative estimate of drug-likeness (QED) is 0.817. The molecule has 0 spiro atoms. The van der Waals surface area contributed by atoms with E-state index in [-0.39, 0.29) is 17.8 Å². The molecule has 4 nitrogen and oxygen atoms in total. The van der Waals surface area contributed by atoms with E-state index < -0.39 is 0 Å². The van der Waals surface area contributed by atoms with Crippen molar-refractivity contribution >= 4 is 11.7 Å². The van der Waals surface area contributed by atoms with Crippen molar-refractivity contribution in [2.75, 3.05) is 39.2 Å². The Balaban J connectivity index is 2.17. The Morgan fingerprint density at radius 2 is 1.94 bits per heavy atom. The van der Waals surface area contributed by atoms with Gasteiger partial charge in [-0.3, -0.25) is 4.79 Å². The third-order valence-corrected chi connectivity index (χ3v) is 3.56. The zero-order chi connectivity index (χ0) is 13.1. The first-order valence-electron chi connectivity index (χ1n) is 6.19. The number of carbonyl (C=O) groups is 1. The number of anilines is 1. The van der Waals surface area contributed by atoms with Crippen LogP contribution in [-0.2, 0) is 9.53 Å². The number of esters is 1. The molecule has 1 aliphatic rings. The van der Waals surface area contributed by atoms with E-state index in [0.29, 0.717) is 6.54 Å². The Bertz CT molecular complexity index is 414. The highest BCUT2D eigenvalue weighted by atomic mass is 16.5. The lowest BCUT2D eigenvalue weighted by molar-refractivity contribution is -0.145. The van der Waals surface area contributed by atoms with Crippen LogP contribution >= 0.6 is 0 Å². The Morgan fingerprint density at radius 3 is 2.50 bits per heavy atom. The van der Waals surface area contributed by atoms with Crippen LogP contribution in [0.4, 0.5) is 5.69 Å². The van der Waals surface area contributed by atoms with Crippen molar-refractivity contribution in [1.82, 2.24) is 5.32 Å². The number of carbonyl (C=O) groups excluding carboxylic acids is 1. The Morgan fingerprint density at radius 1 is 1.28 bits per heavy atom. The van der Waals surface area contributed by atoms with Crippen molar-refractivity contribution in [3.8, 4) is 0 Å². The van der Waals surface area contributed by atoms with E-state index in [0.717, 1.165) is 6.54 Å². The van der Waals surface area contributed by atoms with Gasteiger partial charge in [-0.2, -0.15) is 0 Å². The topological polar surface area (TPSA) is 41.6 Å². The predicted octanol–water partition coefficient (Wildman–Crippen LogP) is 1.23. The summed E-state index contributed by atoms with van der Waals surface area (Å²) in [5.74, 6) is 0.0237. The van der Waals surface area contributed by atoms with Gasteiger partial charge in [0.15, 0.2) is 0 Å². The minimum Gasteiger partial charge on any atom is -0.469 e. The number of nitrogens with zero attached hydrogens (tertiary/aromatic N) is 1. The fourth-order valence-electron chi connectivity index (χ4n) is 2.45. The Labute approximate surface area is 108 Å². The standard InChI is InChI=1S/C14H20N2O2/c1-16(2)11-6-4-10(5-7-11)12-8-15-9-13(12)14(17)18-3/h4-7,12-13,15H,8-9H2,1-3H3. The van der Waals surface area contributed by atoms with Crippen LogP contribution in [0.1, 0.15) is 11.5 Å². The second kappa shape index (κ2) is 5.40. The summed E-state index contributed by atoms with van der Waals surface area (Å²) in [5.41, 5.74) is 2.36. The minimum atomic E-state index is -0.123. The molecule has 1 aromatic rings. The fraction of sp³-hybridized carbons (Fsp3) is 0.500. The van der Waals surface area contributed by atoms with Gasteiger partial charge < -0.3 is 15.0 Å². The van der Waals surface area contributed by atoms with Crippen LogP contribution in [0.5, 0.6) is 0 Å². The van der Waals surface area contributed by atoms with E-state index in [4.69, 9.17) is 4.74 Å². The number of hydrogen-bond acceptors (Lipinski definition) is 4. The molecular formula is C14H20N2O2. The molecule has 4 heteroatoms. The Kier molecular flexibility index (Phi) is 3.87. The number of ether oxygens (including phenoxy) is 1. The first kappa shape index (κ1) is 12.9. The second-order valence-corrected chi connectivity index (χ2v) is 4.88. The van der Waals surface area contributed by atoms with Crippen molar-refractivity contribution in [2.24, 2.45) is 5.92 Å². The lowest BCUT2D eigenvalue weighted by atomic mass is 9.89. The van der Waals surface area contributed by atoms with Crippen LogP contribution < -0.4 is 10.2 Å². The first-order chi connectivity index (χ1) is 8.63. The monoisotopic (exact) mass is 248 g/mol. The highest BCUT2D eigenvalue weighted by molar-refractivity contribution is 5.74. The van der Waals surface area contributed by atoms with Gasteiger partial charge in [0.2, 0.25) is 0 Å². The molecule has 2 atom stereocenters. The molecule has 18 heavy (non-hydrogen) atoms. The smallest absolute Gasteiger partial charge is 0.310 e. The van der Waals surface area contributed by atoms with Crippen molar-refractivity contribution < 1.29 is 9.53 Å².